The number of fused-ring (bicyclic) bond motifs is 5. The number of rotatable bonds is 4. The molecule has 4 aliphatic carbocycles. The van der Waals surface area contributed by atoms with E-state index in [-0.39, 0.29) is 10.5 Å². The fraction of sp³-hybridized carbons (Fsp3) is 0.800. The van der Waals surface area contributed by atoms with Crippen molar-refractivity contribution in [3.8, 4) is 0 Å². The van der Waals surface area contributed by atoms with Crippen LogP contribution < -0.4 is 0 Å². The third-order valence-electron chi connectivity index (χ3n) is 11.2. The Morgan fingerprint density at radius 2 is 1.82 bits per heavy atom. The van der Waals surface area contributed by atoms with Crippen molar-refractivity contribution in [1.29, 1.82) is 0 Å². The molecule has 0 aliphatic heterocycles. The summed E-state index contributed by atoms with van der Waals surface area (Å²) >= 11 is 0. The molecule has 0 bridgehead atoms. The Balaban J connectivity index is 1.58. The van der Waals surface area contributed by atoms with Crippen molar-refractivity contribution in [2.45, 2.75) is 123 Å². The average molecular weight is 471 g/mol. The van der Waals surface area contributed by atoms with Crippen molar-refractivity contribution in [2.75, 3.05) is 0 Å². The Morgan fingerprint density at radius 3 is 2.42 bits per heavy atom. The first kappa shape index (κ1) is 25.4. The van der Waals surface area contributed by atoms with E-state index in [0.717, 1.165) is 18.8 Å². The molecule has 4 aliphatic rings. The van der Waals surface area contributed by atoms with Gasteiger partial charge in [-0.3, -0.25) is 0 Å². The van der Waals surface area contributed by atoms with Crippen LogP contribution in [0.15, 0.2) is 36.0 Å². The molecule has 0 radical (unpaired) electrons. The molecule has 33 heavy (non-hydrogen) atoms. The van der Waals surface area contributed by atoms with Gasteiger partial charge in [-0.05, 0) is 111 Å². The van der Waals surface area contributed by atoms with Crippen molar-refractivity contribution in [1.82, 2.24) is 0 Å². The van der Waals surface area contributed by atoms with E-state index < -0.39 is 13.9 Å². The Morgan fingerprint density at radius 1 is 1.15 bits per heavy atom. The first-order valence-corrected chi connectivity index (χ1v) is 16.5. The summed E-state index contributed by atoms with van der Waals surface area (Å²) in [5, 5.41) is 11.9. The predicted octanol–water partition coefficient (Wildman–Crippen LogP) is 8.20. The lowest BCUT2D eigenvalue weighted by molar-refractivity contribution is -0.0287. The van der Waals surface area contributed by atoms with Crippen molar-refractivity contribution >= 4 is 8.32 Å². The molecule has 3 heteroatoms. The summed E-state index contributed by atoms with van der Waals surface area (Å²) in [4.78, 5) is 0. The van der Waals surface area contributed by atoms with Gasteiger partial charge in [0.05, 0.1) is 5.60 Å². The van der Waals surface area contributed by atoms with E-state index in [2.05, 4.69) is 73.4 Å². The standard InChI is InChI=1S/C30H50O2Si/c1-10-16-30(31)20-25-23-13-12-21-19-22(32-33(8,9)27(3,4)5)14-17-28(21,6)24(23)15-18-29(25,7)26(30)11-2/h10-12,22-25,31H,1,13-20H2,2-9H3/b26-11+/t22-,23+,24-,25-,28?,29-,30?/m0/s1. The maximum Gasteiger partial charge on any atom is 0.192 e. The van der Waals surface area contributed by atoms with Crippen LogP contribution in [-0.4, -0.2) is 25.1 Å². The van der Waals surface area contributed by atoms with Crippen LogP contribution in [0.1, 0.15) is 92.9 Å². The van der Waals surface area contributed by atoms with Crippen molar-refractivity contribution in [3.05, 3.63) is 36.0 Å². The zero-order valence-corrected chi connectivity index (χ0v) is 23.8. The largest absolute Gasteiger partial charge is 0.414 e. The topological polar surface area (TPSA) is 29.5 Å². The molecule has 2 unspecified atom stereocenters. The van der Waals surface area contributed by atoms with Gasteiger partial charge in [0.2, 0.25) is 0 Å². The molecular formula is C30H50O2Si. The second-order valence-corrected chi connectivity index (χ2v) is 18.6. The average Bonchev–Trinajstić information content (AvgIpc) is 2.93. The summed E-state index contributed by atoms with van der Waals surface area (Å²) in [6.07, 6.45) is 16.0. The number of hydrogen-bond acceptors (Lipinski definition) is 2. The Hall–Kier alpha value is -0.643. The molecule has 7 atom stereocenters. The summed E-state index contributed by atoms with van der Waals surface area (Å²) in [5.41, 5.74) is 2.74. The molecule has 0 aromatic rings. The van der Waals surface area contributed by atoms with Crippen LogP contribution in [0.4, 0.5) is 0 Å². The molecule has 0 heterocycles. The van der Waals surface area contributed by atoms with Crippen LogP contribution in [0.25, 0.3) is 0 Å². The molecule has 3 fully saturated rings. The third-order valence-corrected chi connectivity index (χ3v) is 15.7. The van der Waals surface area contributed by atoms with Crippen LogP contribution >= 0.6 is 0 Å². The minimum Gasteiger partial charge on any atom is -0.414 e. The van der Waals surface area contributed by atoms with Crippen LogP contribution in [0.3, 0.4) is 0 Å². The highest BCUT2D eigenvalue weighted by Gasteiger charge is 2.62. The summed E-state index contributed by atoms with van der Waals surface area (Å²) in [5.74, 6) is 2.00. The van der Waals surface area contributed by atoms with Gasteiger partial charge in [-0.1, -0.05) is 58.4 Å². The molecule has 2 nitrogen and oxygen atoms in total. The SMILES string of the molecule is C=CCC1(O)C[C@H]2[C@@H]3CC=C4C[C@@H](O[Si](C)(C)C(C)(C)C)CCC4(C)[C@H]3CC[C@]2(C)/C1=C\C. The Kier molecular flexibility index (Phi) is 6.33. The van der Waals surface area contributed by atoms with E-state index in [1.165, 1.54) is 37.7 Å². The highest BCUT2D eigenvalue weighted by molar-refractivity contribution is 6.74. The van der Waals surface area contributed by atoms with Gasteiger partial charge in [-0.2, -0.15) is 0 Å². The van der Waals surface area contributed by atoms with E-state index in [9.17, 15) is 5.11 Å². The molecule has 4 rings (SSSR count). The van der Waals surface area contributed by atoms with Crippen molar-refractivity contribution in [3.63, 3.8) is 0 Å². The molecule has 186 valence electrons. The van der Waals surface area contributed by atoms with Gasteiger partial charge in [-0.15, -0.1) is 6.58 Å². The molecule has 0 aromatic carbocycles. The van der Waals surface area contributed by atoms with Gasteiger partial charge in [0.15, 0.2) is 8.32 Å². The lowest BCUT2D eigenvalue weighted by Crippen LogP contribution is -2.51. The van der Waals surface area contributed by atoms with Crippen LogP contribution in [-0.2, 0) is 4.43 Å². The predicted molar refractivity (Wildman–Crippen MR) is 143 cm³/mol. The zero-order chi connectivity index (χ0) is 24.4. The van der Waals surface area contributed by atoms with Gasteiger partial charge < -0.3 is 9.53 Å². The fourth-order valence-electron chi connectivity index (χ4n) is 8.39. The van der Waals surface area contributed by atoms with Gasteiger partial charge in [0, 0.05) is 6.10 Å². The summed E-state index contributed by atoms with van der Waals surface area (Å²) in [6, 6.07) is 0. The highest BCUT2D eigenvalue weighted by Crippen LogP contribution is 2.68. The number of aliphatic hydroxyl groups is 1. The first-order valence-electron chi connectivity index (χ1n) is 13.6. The lowest BCUT2D eigenvalue weighted by atomic mass is 9.48. The molecule has 0 saturated heterocycles. The van der Waals surface area contributed by atoms with E-state index in [1.807, 2.05) is 6.08 Å². The number of allylic oxidation sites excluding steroid dienone is 2. The monoisotopic (exact) mass is 470 g/mol. The minimum atomic E-state index is -1.74. The zero-order valence-electron chi connectivity index (χ0n) is 22.8. The summed E-state index contributed by atoms with van der Waals surface area (Å²) in [6.45, 7) is 23.0. The quantitative estimate of drug-likeness (QED) is 0.331. The second-order valence-electron chi connectivity index (χ2n) is 13.9. The van der Waals surface area contributed by atoms with Crippen LogP contribution in [0.5, 0.6) is 0 Å². The first-order chi connectivity index (χ1) is 15.2. The van der Waals surface area contributed by atoms with Crippen molar-refractivity contribution < 1.29 is 9.53 Å². The smallest absolute Gasteiger partial charge is 0.192 e. The maximum absolute atomic E-state index is 11.7. The minimum absolute atomic E-state index is 0.137. The molecule has 3 saturated carbocycles. The molecule has 1 N–H and O–H groups in total. The normalized spacial score (nSPS) is 44.6. The van der Waals surface area contributed by atoms with Gasteiger partial charge in [0.1, 0.15) is 0 Å². The Labute approximate surface area is 205 Å². The highest BCUT2D eigenvalue weighted by atomic mass is 28.4. The summed E-state index contributed by atoms with van der Waals surface area (Å²) in [7, 11) is -1.74. The van der Waals surface area contributed by atoms with Crippen LogP contribution in [0.2, 0.25) is 18.1 Å². The third kappa shape index (κ3) is 3.89. The van der Waals surface area contributed by atoms with Gasteiger partial charge in [-0.25, -0.2) is 0 Å². The van der Waals surface area contributed by atoms with Gasteiger partial charge >= 0.3 is 0 Å². The van der Waals surface area contributed by atoms with E-state index in [1.54, 1.807) is 5.57 Å². The Bertz CT molecular complexity index is 848. The van der Waals surface area contributed by atoms with Gasteiger partial charge in [0.25, 0.3) is 0 Å². The lowest BCUT2D eigenvalue weighted by Gasteiger charge is -2.58. The van der Waals surface area contributed by atoms with Crippen LogP contribution in [0, 0.1) is 28.6 Å². The van der Waals surface area contributed by atoms with E-state index >= 15 is 0 Å². The fourth-order valence-corrected chi connectivity index (χ4v) is 9.78. The molecule has 0 aromatic heterocycles. The maximum atomic E-state index is 11.7. The molecule has 0 amide bonds. The molecule has 0 spiro atoms. The second kappa shape index (κ2) is 8.20. The van der Waals surface area contributed by atoms with E-state index in [4.69, 9.17) is 4.43 Å². The molecular weight excluding hydrogens is 420 g/mol. The van der Waals surface area contributed by atoms with E-state index in [0.29, 0.717) is 29.8 Å². The number of hydrogen-bond donors (Lipinski definition) is 1. The van der Waals surface area contributed by atoms with Crippen molar-refractivity contribution in [2.24, 2.45) is 28.6 Å². The summed E-state index contributed by atoms with van der Waals surface area (Å²) < 4.78 is 6.89.